The summed E-state index contributed by atoms with van der Waals surface area (Å²) in [5, 5.41) is 0. The summed E-state index contributed by atoms with van der Waals surface area (Å²) in [5.41, 5.74) is 2.54. The standard InChI is InChI=1S/C35H32F3NO6/c36-35(37,38)34(39-27-19-11-4-12-20-27)45-33-31(41-22-25-15-7-2-8-16-25)30(40-21-24-13-5-1-6-14-24)29-28(43-33)23-42-32(44-29)26-17-9-3-10-18-26/h1-20,28-33H,21-23H2/t28-,29-,30+,31+,32-,33?/m1/s1. The molecule has 0 aliphatic carbocycles. The second kappa shape index (κ2) is 14.4. The van der Waals surface area contributed by atoms with Crippen LogP contribution in [0, 0.1) is 0 Å². The molecule has 0 N–H and O–H groups in total. The maximum Gasteiger partial charge on any atom is 0.468 e. The molecule has 0 spiro atoms. The maximum absolute atomic E-state index is 14.3. The van der Waals surface area contributed by atoms with Gasteiger partial charge in [0, 0.05) is 5.56 Å². The van der Waals surface area contributed by atoms with Crippen LogP contribution in [0.1, 0.15) is 23.0 Å². The molecular weight excluding hydrogens is 587 g/mol. The van der Waals surface area contributed by atoms with Crippen molar-refractivity contribution in [3.8, 4) is 0 Å². The summed E-state index contributed by atoms with van der Waals surface area (Å²) >= 11 is 0. The number of ether oxygens (including phenoxy) is 6. The summed E-state index contributed by atoms with van der Waals surface area (Å²) in [5.74, 6) is -1.47. The number of nitrogens with zero attached hydrogens (tertiary/aromatic N) is 1. The number of benzene rings is 4. The molecule has 6 rings (SSSR count). The molecule has 4 aromatic rings. The number of halogens is 3. The number of fused-ring (bicyclic) bond motifs is 1. The molecule has 2 saturated heterocycles. The van der Waals surface area contributed by atoms with E-state index in [-0.39, 0.29) is 25.5 Å². The maximum atomic E-state index is 14.3. The second-order valence-electron chi connectivity index (χ2n) is 10.6. The molecule has 2 aliphatic rings. The van der Waals surface area contributed by atoms with Gasteiger partial charge in [0.25, 0.3) is 5.90 Å². The molecule has 0 saturated carbocycles. The Morgan fingerprint density at radius 2 is 1.22 bits per heavy atom. The number of hydrogen-bond donors (Lipinski definition) is 0. The lowest BCUT2D eigenvalue weighted by atomic mass is 9.97. The molecule has 0 bridgehead atoms. The van der Waals surface area contributed by atoms with Gasteiger partial charge >= 0.3 is 6.18 Å². The van der Waals surface area contributed by atoms with E-state index in [1.165, 1.54) is 12.1 Å². The van der Waals surface area contributed by atoms with Crippen LogP contribution < -0.4 is 0 Å². The average molecular weight is 620 g/mol. The topological polar surface area (TPSA) is 67.7 Å². The van der Waals surface area contributed by atoms with Crippen molar-refractivity contribution in [3.05, 3.63) is 138 Å². The average Bonchev–Trinajstić information content (AvgIpc) is 3.07. The van der Waals surface area contributed by atoms with Crippen LogP contribution in [0.5, 0.6) is 0 Å². The van der Waals surface area contributed by atoms with Gasteiger partial charge in [-0.3, -0.25) is 0 Å². The zero-order chi connectivity index (χ0) is 31.1. The lowest BCUT2D eigenvalue weighted by Crippen LogP contribution is -2.64. The zero-order valence-electron chi connectivity index (χ0n) is 24.2. The summed E-state index contributed by atoms with van der Waals surface area (Å²) < 4.78 is 79.9. The van der Waals surface area contributed by atoms with Crippen molar-refractivity contribution in [1.29, 1.82) is 0 Å². The minimum absolute atomic E-state index is 0.0257. The third kappa shape index (κ3) is 7.97. The molecule has 0 radical (unpaired) electrons. The Hall–Kier alpha value is -4.06. The lowest BCUT2D eigenvalue weighted by Gasteiger charge is -2.48. The second-order valence-corrected chi connectivity index (χ2v) is 10.6. The molecule has 0 aromatic heterocycles. The van der Waals surface area contributed by atoms with Crippen LogP contribution >= 0.6 is 0 Å². The SMILES string of the molecule is FC(F)(F)C(=Nc1ccccc1)OC1O[C@@H]2CO[C@@H](c3ccccc3)O[C@H]2[C@H](OCc2ccccc2)[C@@H]1OCc1ccccc1. The fourth-order valence-electron chi connectivity index (χ4n) is 5.21. The van der Waals surface area contributed by atoms with Crippen LogP contribution in [0.25, 0.3) is 0 Å². The predicted octanol–water partition coefficient (Wildman–Crippen LogP) is 7.31. The van der Waals surface area contributed by atoms with E-state index < -0.39 is 49.1 Å². The summed E-state index contributed by atoms with van der Waals surface area (Å²) in [6.45, 7) is 0.238. The minimum atomic E-state index is -4.92. The van der Waals surface area contributed by atoms with Crippen LogP contribution in [0.15, 0.2) is 126 Å². The summed E-state index contributed by atoms with van der Waals surface area (Å²) in [6, 6.07) is 35.9. The Morgan fingerprint density at radius 3 is 1.80 bits per heavy atom. The monoisotopic (exact) mass is 619 g/mol. The van der Waals surface area contributed by atoms with Gasteiger partial charge < -0.3 is 28.4 Å². The van der Waals surface area contributed by atoms with Crippen molar-refractivity contribution in [3.63, 3.8) is 0 Å². The highest BCUT2D eigenvalue weighted by Gasteiger charge is 2.54. The fourth-order valence-corrected chi connectivity index (χ4v) is 5.21. The van der Waals surface area contributed by atoms with Gasteiger partial charge in [-0.05, 0) is 23.3 Å². The first-order chi connectivity index (χ1) is 21.9. The van der Waals surface area contributed by atoms with E-state index in [1.54, 1.807) is 18.2 Å². The normalized spacial score (nSPS) is 25.4. The zero-order valence-corrected chi connectivity index (χ0v) is 24.2. The Morgan fingerprint density at radius 1 is 0.689 bits per heavy atom. The Balaban J connectivity index is 1.34. The van der Waals surface area contributed by atoms with Crippen molar-refractivity contribution in [2.45, 2.75) is 56.4 Å². The molecule has 10 heteroatoms. The number of rotatable bonds is 9. The summed E-state index contributed by atoms with van der Waals surface area (Å²) in [4.78, 5) is 3.78. The van der Waals surface area contributed by atoms with E-state index in [4.69, 9.17) is 28.4 Å². The first kappa shape index (κ1) is 30.9. The van der Waals surface area contributed by atoms with Crippen molar-refractivity contribution in [1.82, 2.24) is 0 Å². The first-order valence-corrected chi connectivity index (χ1v) is 14.6. The van der Waals surface area contributed by atoms with Crippen LogP contribution in [0.3, 0.4) is 0 Å². The van der Waals surface area contributed by atoms with Crippen LogP contribution in [0.2, 0.25) is 0 Å². The highest BCUT2D eigenvalue weighted by atomic mass is 19.4. The predicted molar refractivity (Wildman–Crippen MR) is 159 cm³/mol. The van der Waals surface area contributed by atoms with Crippen LogP contribution in [0.4, 0.5) is 18.9 Å². The molecule has 0 amide bonds. The van der Waals surface area contributed by atoms with Crippen molar-refractivity contribution in [2.24, 2.45) is 4.99 Å². The number of para-hydroxylation sites is 1. The van der Waals surface area contributed by atoms with E-state index in [9.17, 15) is 13.2 Å². The molecular formula is C35H32F3NO6. The van der Waals surface area contributed by atoms with Crippen LogP contribution in [-0.4, -0.2) is 49.4 Å². The van der Waals surface area contributed by atoms with E-state index in [2.05, 4.69) is 4.99 Å². The summed E-state index contributed by atoms with van der Waals surface area (Å²) in [7, 11) is 0. The van der Waals surface area contributed by atoms with Crippen LogP contribution in [-0.2, 0) is 41.6 Å². The Labute approximate surface area is 259 Å². The third-order valence-electron chi connectivity index (χ3n) is 7.38. The van der Waals surface area contributed by atoms with Gasteiger partial charge in [-0.1, -0.05) is 109 Å². The smallest absolute Gasteiger partial charge is 0.441 e. The fraction of sp³-hybridized carbons (Fsp3) is 0.286. The van der Waals surface area contributed by atoms with Gasteiger partial charge in [-0.15, -0.1) is 0 Å². The molecule has 2 fully saturated rings. The lowest BCUT2D eigenvalue weighted by molar-refractivity contribution is -0.364. The molecule has 234 valence electrons. The van der Waals surface area contributed by atoms with Crippen molar-refractivity contribution < 1.29 is 41.6 Å². The number of alkyl halides is 3. The van der Waals surface area contributed by atoms with E-state index in [0.717, 1.165) is 16.7 Å². The van der Waals surface area contributed by atoms with Gasteiger partial charge in [0.2, 0.25) is 6.29 Å². The number of hydrogen-bond acceptors (Lipinski definition) is 7. The molecule has 2 aliphatic heterocycles. The number of aliphatic imine (C=N–C) groups is 1. The Bertz CT molecular complexity index is 1510. The first-order valence-electron chi connectivity index (χ1n) is 14.6. The van der Waals surface area contributed by atoms with Gasteiger partial charge in [0.15, 0.2) is 6.29 Å². The van der Waals surface area contributed by atoms with Crippen molar-refractivity contribution in [2.75, 3.05) is 6.61 Å². The molecule has 45 heavy (non-hydrogen) atoms. The highest BCUT2D eigenvalue weighted by molar-refractivity contribution is 5.84. The van der Waals surface area contributed by atoms with Gasteiger partial charge in [-0.25, -0.2) is 4.99 Å². The molecule has 7 nitrogen and oxygen atoms in total. The van der Waals surface area contributed by atoms with E-state index >= 15 is 0 Å². The molecule has 2 heterocycles. The highest BCUT2D eigenvalue weighted by Crippen LogP contribution is 2.38. The van der Waals surface area contributed by atoms with E-state index in [1.807, 2.05) is 91.0 Å². The summed E-state index contributed by atoms with van der Waals surface area (Å²) in [6.07, 6.45) is -10.8. The van der Waals surface area contributed by atoms with E-state index in [0.29, 0.717) is 0 Å². The quantitative estimate of drug-likeness (QED) is 0.145. The third-order valence-corrected chi connectivity index (χ3v) is 7.38. The Kier molecular flexibility index (Phi) is 9.88. The van der Waals surface area contributed by atoms with Gasteiger partial charge in [0.05, 0.1) is 25.5 Å². The van der Waals surface area contributed by atoms with Gasteiger partial charge in [-0.2, -0.15) is 13.2 Å². The molecule has 1 unspecified atom stereocenters. The van der Waals surface area contributed by atoms with Crippen molar-refractivity contribution >= 4 is 11.6 Å². The van der Waals surface area contributed by atoms with Gasteiger partial charge in [0.1, 0.15) is 24.4 Å². The largest absolute Gasteiger partial charge is 0.468 e. The molecule has 6 atom stereocenters. The molecule has 4 aromatic carbocycles. The minimum Gasteiger partial charge on any atom is -0.441 e.